The second-order valence-corrected chi connectivity index (χ2v) is 4.56. The van der Waals surface area contributed by atoms with Gasteiger partial charge in [0.1, 0.15) is 11.6 Å². The Balaban J connectivity index is 2.03. The van der Waals surface area contributed by atoms with Gasteiger partial charge >= 0.3 is 0 Å². The van der Waals surface area contributed by atoms with Crippen LogP contribution in [0.3, 0.4) is 0 Å². The van der Waals surface area contributed by atoms with Crippen molar-refractivity contribution in [2.45, 2.75) is 25.9 Å². The Morgan fingerprint density at radius 2 is 2.31 bits per heavy atom. The number of nitrogens with one attached hydrogen (secondary N) is 1. The Hall–Kier alpha value is -1.36. The first-order chi connectivity index (χ1) is 7.54. The van der Waals surface area contributed by atoms with Gasteiger partial charge in [-0.3, -0.25) is 4.79 Å². The van der Waals surface area contributed by atoms with Crippen molar-refractivity contribution in [3.05, 3.63) is 22.2 Å². The second-order valence-electron chi connectivity index (χ2n) is 4.56. The van der Waals surface area contributed by atoms with E-state index in [1.54, 1.807) is 6.92 Å². The van der Waals surface area contributed by atoms with Crippen LogP contribution in [0.25, 0.3) is 0 Å². The third-order valence-corrected chi connectivity index (χ3v) is 2.98. The third-order valence-electron chi connectivity index (χ3n) is 2.98. The van der Waals surface area contributed by atoms with Crippen LogP contribution >= 0.6 is 0 Å². The Morgan fingerprint density at radius 3 is 2.88 bits per heavy atom. The maximum absolute atomic E-state index is 11.3. The molecule has 88 valence electrons. The van der Waals surface area contributed by atoms with Gasteiger partial charge in [0.25, 0.3) is 5.56 Å². The number of aromatic nitrogens is 2. The zero-order chi connectivity index (χ0) is 11.7. The van der Waals surface area contributed by atoms with E-state index in [4.69, 9.17) is 0 Å². The van der Waals surface area contributed by atoms with E-state index in [1.165, 1.54) is 6.07 Å². The molecule has 0 amide bonds. The number of aliphatic hydroxyl groups is 1. The molecule has 0 aliphatic heterocycles. The van der Waals surface area contributed by atoms with Gasteiger partial charge in [0.05, 0.1) is 6.10 Å². The first-order valence-corrected chi connectivity index (χ1v) is 5.52. The van der Waals surface area contributed by atoms with Gasteiger partial charge < -0.3 is 15.0 Å². The van der Waals surface area contributed by atoms with E-state index in [9.17, 15) is 9.90 Å². The van der Waals surface area contributed by atoms with Gasteiger partial charge in [0.2, 0.25) is 0 Å². The highest BCUT2D eigenvalue weighted by molar-refractivity contribution is 5.36. The normalized spacial score (nSPS) is 23.9. The summed E-state index contributed by atoms with van der Waals surface area (Å²) in [5, 5.41) is 9.20. The number of hydrogen-bond donors (Lipinski definition) is 2. The number of aromatic amines is 1. The molecule has 0 spiro atoms. The van der Waals surface area contributed by atoms with Crippen LogP contribution in [0.5, 0.6) is 0 Å². The van der Waals surface area contributed by atoms with E-state index in [-0.39, 0.29) is 11.7 Å². The average Bonchev–Trinajstić information content (AvgIpc) is 2.13. The van der Waals surface area contributed by atoms with Gasteiger partial charge in [-0.15, -0.1) is 0 Å². The number of aliphatic hydroxyl groups excluding tert-OH is 1. The lowest BCUT2D eigenvalue weighted by Gasteiger charge is -2.34. The van der Waals surface area contributed by atoms with Crippen LogP contribution in [0.1, 0.15) is 18.7 Å². The summed E-state index contributed by atoms with van der Waals surface area (Å²) in [6, 6.07) is 1.50. The Bertz CT molecular complexity index is 423. The largest absolute Gasteiger partial charge is 0.393 e. The highest BCUT2D eigenvalue weighted by Crippen LogP contribution is 2.28. The molecule has 5 nitrogen and oxygen atoms in total. The fourth-order valence-corrected chi connectivity index (χ4v) is 2.09. The van der Waals surface area contributed by atoms with Crippen LogP contribution in [0.4, 0.5) is 5.82 Å². The first kappa shape index (κ1) is 11.1. The minimum absolute atomic E-state index is 0.122. The summed E-state index contributed by atoms with van der Waals surface area (Å²) in [7, 11) is 1.92. The summed E-state index contributed by atoms with van der Waals surface area (Å²) < 4.78 is 0. The average molecular weight is 223 g/mol. The molecule has 0 atom stereocenters. The number of nitrogens with zero attached hydrogens (tertiary/aromatic N) is 2. The van der Waals surface area contributed by atoms with E-state index < -0.39 is 0 Å². The molecule has 0 bridgehead atoms. The monoisotopic (exact) mass is 223 g/mol. The predicted octanol–water partition coefficient (Wildman–Crippen LogP) is 0.285. The van der Waals surface area contributed by atoms with Crippen molar-refractivity contribution >= 4 is 5.82 Å². The Kier molecular flexibility index (Phi) is 2.96. The van der Waals surface area contributed by atoms with Gasteiger partial charge in [-0.2, -0.15) is 0 Å². The summed E-state index contributed by atoms with van der Waals surface area (Å²) in [6.45, 7) is 2.61. The highest BCUT2D eigenvalue weighted by Gasteiger charge is 2.28. The molecule has 16 heavy (non-hydrogen) atoms. The molecule has 0 unspecified atom stereocenters. The zero-order valence-corrected chi connectivity index (χ0v) is 9.60. The maximum Gasteiger partial charge on any atom is 0.252 e. The number of rotatable bonds is 3. The van der Waals surface area contributed by atoms with E-state index >= 15 is 0 Å². The van der Waals surface area contributed by atoms with Crippen LogP contribution < -0.4 is 10.5 Å². The van der Waals surface area contributed by atoms with Crippen LogP contribution in [0, 0.1) is 12.8 Å². The quantitative estimate of drug-likeness (QED) is 0.772. The van der Waals surface area contributed by atoms with Gasteiger partial charge in [0.15, 0.2) is 0 Å². The van der Waals surface area contributed by atoms with Crippen LogP contribution in [-0.2, 0) is 0 Å². The molecular formula is C11H17N3O2. The van der Waals surface area contributed by atoms with Crippen LogP contribution in [0.15, 0.2) is 10.9 Å². The molecular weight excluding hydrogens is 206 g/mol. The number of aryl methyl sites for hydroxylation is 1. The van der Waals surface area contributed by atoms with E-state index in [0.29, 0.717) is 17.6 Å². The maximum atomic E-state index is 11.3. The molecule has 1 aromatic heterocycles. The first-order valence-electron chi connectivity index (χ1n) is 5.52. The van der Waals surface area contributed by atoms with Crippen LogP contribution in [0.2, 0.25) is 0 Å². The molecule has 1 aromatic rings. The molecule has 1 aliphatic carbocycles. The minimum Gasteiger partial charge on any atom is -0.393 e. The lowest BCUT2D eigenvalue weighted by Crippen LogP contribution is -2.37. The number of hydrogen-bond acceptors (Lipinski definition) is 4. The van der Waals surface area contributed by atoms with Crippen LogP contribution in [-0.4, -0.2) is 34.8 Å². The smallest absolute Gasteiger partial charge is 0.252 e. The molecule has 1 aliphatic rings. The Morgan fingerprint density at radius 1 is 1.62 bits per heavy atom. The van der Waals surface area contributed by atoms with Gasteiger partial charge in [0, 0.05) is 19.7 Å². The summed E-state index contributed by atoms with van der Waals surface area (Å²) >= 11 is 0. The zero-order valence-electron chi connectivity index (χ0n) is 9.60. The van der Waals surface area contributed by atoms with Gasteiger partial charge in [-0.05, 0) is 25.7 Å². The van der Waals surface area contributed by atoms with Crippen molar-refractivity contribution in [2.75, 3.05) is 18.5 Å². The van der Waals surface area contributed by atoms with E-state index in [2.05, 4.69) is 9.97 Å². The molecule has 1 heterocycles. The molecule has 0 radical (unpaired) electrons. The molecule has 1 fully saturated rings. The fourth-order valence-electron chi connectivity index (χ4n) is 2.09. The third kappa shape index (κ3) is 2.41. The molecule has 5 heteroatoms. The minimum atomic E-state index is -0.132. The van der Waals surface area contributed by atoms with E-state index in [0.717, 1.165) is 19.4 Å². The number of H-pyrrole nitrogens is 1. The second kappa shape index (κ2) is 4.25. The van der Waals surface area contributed by atoms with Gasteiger partial charge in [-0.1, -0.05) is 0 Å². The Labute approximate surface area is 94.1 Å². The SMILES string of the molecule is Cc1nc(N(C)CC2CC(O)C2)cc(=O)[nH]1. The summed E-state index contributed by atoms with van der Waals surface area (Å²) in [6.07, 6.45) is 1.58. The summed E-state index contributed by atoms with van der Waals surface area (Å²) in [5.41, 5.74) is -0.122. The highest BCUT2D eigenvalue weighted by atomic mass is 16.3. The van der Waals surface area contributed by atoms with E-state index in [1.807, 2.05) is 11.9 Å². The van der Waals surface area contributed by atoms with Gasteiger partial charge in [-0.25, -0.2) is 4.98 Å². The van der Waals surface area contributed by atoms with Crippen molar-refractivity contribution in [3.63, 3.8) is 0 Å². The van der Waals surface area contributed by atoms with Crippen molar-refractivity contribution < 1.29 is 5.11 Å². The molecule has 1 saturated carbocycles. The number of anilines is 1. The van der Waals surface area contributed by atoms with Crippen molar-refractivity contribution in [2.24, 2.45) is 5.92 Å². The van der Waals surface area contributed by atoms with Crippen molar-refractivity contribution in [1.82, 2.24) is 9.97 Å². The van der Waals surface area contributed by atoms with Crippen molar-refractivity contribution in [3.8, 4) is 0 Å². The lowest BCUT2D eigenvalue weighted by atomic mass is 9.82. The topological polar surface area (TPSA) is 69.2 Å². The van der Waals surface area contributed by atoms with Crippen molar-refractivity contribution in [1.29, 1.82) is 0 Å². The molecule has 0 saturated heterocycles. The summed E-state index contributed by atoms with van der Waals surface area (Å²) in [5.74, 6) is 1.84. The molecule has 2 rings (SSSR count). The standard InChI is InChI=1S/C11H17N3O2/c1-7-12-10(5-11(16)13-7)14(2)6-8-3-9(15)4-8/h5,8-9,15H,3-4,6H2,1-2H3,(H,12,13,16). The predicted molar refractivity (Wildman–Crippen MR) is 61.6 cm³/mol. The fraction of sp³-hybridized carbons (Fsp3) is 0.636. The lowest BCUT2D eigenvalue weighted by molar-refractivity contribution is 0.0464. The molecule has 2 N–H and O–H groups in total. The molecule has 0 aromatic carbocycles. The summed E-state index contributed by atoms with van der Waals surface area (Å²) in [4.78, 5) is 20.1.